The van der Waals surface area contributed by atoms with Gasteiger partial charge in [0.2, 0.25) is 5.91 Å². The zero-order valence-electron chi connectivity index (χ0n) is 23.2. The third-order valence-electron chi connectivity index (χ3n) is 7.56. The first-order valence-electron chi connectivity index (χ1n) is 13.9. The van der Waals surface area contributed by atoms with Gasteiger partial charge in [0, 0.05) is 19.6 Å². The second-order valence-electron chi connectivity index (χ2n) is 10.6. The van der Waals surface area contributed by atoms with Gasteiger partial charge in [-0.25, -0.2) is 0 Å². The summed E-state index contributed by atoms with van der Waals surface area (Å²) in [7, 11) is 0. The Kier molecular flexibility index (Phi) is 12.1. The Morgan fingerprint density at radius 2 is 1.40 bits per heavy atom. The molecule has 1 aliphatic rings. The van der Waals surface area contributed by atoms with Crippen LogP contribution in [0.15, 0.2) is 60.7 Å². The minimum absolute atomic E-state index is 0. The first-order chi connectivity index (χ1) is 19.5. The van der Waals surface area contributed by atoms with Gasteiger partial charge in [0.05, 0.1) is 17.5 Å². The van der Waals surface area contributed by atoms with Gasteiger partial charge in [0.1, 0.15) is 0 Å². The van der Waals surface area contributed by atoms with Crippen LogP contribution < -0.4 is 10.6 Å². The fourth-order valence-electron chi connectivity index (χ4n) is 5.27. The number of hydrogen-bond acceptors (Lipinski definition) is 3. The number of fused-ring (bicyclic) bond motifs is 1. The third kappa shape index (κ3) is 9.61. The second kappa shape index (κ2) is 15.1. The highest BCUT2D eigenvalue weighted by Crippen LogP contribution is 2.36. The Bertz CT molecular complexity index is 1270. The van der Waals surface area contributed by atoms with Crippen molar-refractivity contribution in [1.82, 2.24) is 15.5 Å². The number of alkyl halides is 6. The van der Waals surface area contributed by atoms with E-state index in [2.05, 4.69) is 28.8 Å². The van der Waals surface area contributed by atoms with Crippen LogP contribution in [0.2, 0.25) is 0 Å². The van der Waals surface area contributed by atoms with Gasteiger partial charge in [-0.3, -0.25) is 4.79 Å². The van der Waals surface area contributed by atoms with Crippen LogP contribution in [0.1, 0.15) is 47.9 Å². The average Bonchev–Trinajstić information content (AvgIpc) is 2.94. The van der Waals surface area contributed by atoms with E-state index < -0.39 is 23.5 Å². The summed E-state index contributed by atoms with van der Waals surface area (Å²) in [5.74, 6) is 0.637. The van der Waals surface area contributed by atoms with Gasteiger partial charge in [-0.1, -0.05) is 42.5 Å². The lowest BCUT2D eigenvalue weighted by atomic mass is 9.95. The Hall–Kier alpha value is -2.82. The molecule has 1 saturated heterocycles. The number of hydrogen-bond donors (Lipinski definition) is 2. The number of piperidine rings is 1. The van der Waals surface area contributed by atoms with Crippen LogP contribution in [-0.4, -0.2) is 43.5 Å². The molecule has 0 atom stereocenters. The van der Waals surface area contributed by atoms with Gasteiger partial charge in [-0.15, -0.1) is 12.4 Å². The van der Waals surface area contributed by atoms with Crippen molar-refractivity contribution in [1.29, 1.82) is 0 Å². The van der Waals surface area contributed by atoms with E-state index in [9.17, 15) is 31.1 Å². The lowest BCUT2D eigenvalue weighted by Crippen LogP contribution is -2.41. The lowest BCUT2D eigenvalue weighted by molar-refractivity contribution is -0.143. The summed E-state index contributed by atoms with van der Waals surface area (Å²) in [6.45, 7) is 3.51. The van der Waals surface area contributed by atoms with E-state index >= 15 is 0 Å². The summed E-state index contributed by atoms with van der Waals surface area (Å²) in [5, 5.41) is 8.62. The molecule has 1 aliphatic heterocycles. The van der Waals surface area contributed by atoms with Crippen LogP contribution in [0.3, 0.4) is 0 Å². The number of amides is 1. The molecule has 11 heteroatoms. The summed E-state index contributed by atoms with van der Waals surface area (Å²) in [4.78, 5) is 14.9. The quantitative estimate of drug-likeness (QED) is 0.177. The number of nitrogens with one attached hydrogen (secondary N) is 2. The van der Waals surface area contributed by atoms with E-state index in [-0.39, 0.29) is 36.5 Å². The van der Waals surface area contributed by atoms with Crippen molar-refractivity contribution in [2.24, 2.45) is 5.92 Å². The molecule has 230 valence electrons. The van der Waals surface area contributed by atoms with Crippen LogP contribution in [-0.2, 0) is 30.1 Å². The number of carbonyl (C=O) groups excluding carboxylic acids is 1. The van der Waals surface area contributed by atoms with E-state index in [4.69, 9.17) is 0 Å². The maximum Gasteiger partial charge on any atom is 0.416 e. The Morgan fingerprint density at radius 3 is 2.05 bits per heavy atom. The summed E-state index contributed by atoms with van der Waals surface area (Å²) in [6.07, 6.45) is -5.85. The van der Waals surface area contributed by atoms with Gasteiger partial charge in [0.15, 0.2) is 0 Å². The molecule has 3 aromatic rings. The van der Waals surface area contributed by atoms with Crippen LogP contribution in [0.25, 0.3) is 10.8 Å². The molecule has 0 radical (unpaired) electrons. The van der Waals surface area contributed by atoms with Crippen molar-refractivity contribution in [2.75, 3.05) is 32.7 Å². The molecule has 0 unspecified atom stereocenters. The van der Waals surface area contributed by atoms with Gasteiger partial charge in [-0.2, -0.15) is 26.3 Å². The largest absolute Gasteiger partial charge is 0.416 e. The normalized spacial score (nSPS) is 14.7. The summed E-state index contributed by atoms with van der Waals surface area (Å²) >= 11 is 0. The molecule has 42 heavy (non-hydrogen) atoms. The topological polar surface area (TPSA) is 44.4 Å². The number of rotatable bonds is 11. The SMILES string of the molecule is Cl.O=C(Cc1cccc2ccccc12)N1CCC(CNCCCCNCc2cc(C(F)(F)F)cc(C(F)(F)F)c2)CC1. The highest BCUT2D eigenvalue weighted by atomic mass is 35.5. The van der Waals surface area contributed by atoms with Crippen molar-refractivity contribution >= 4 is 29.1 Å². The molecule has 4 nitrogen and oxygen atoms in total. The number of halogens is 7. The van der Waals surface area contributed by atoms with Crippen LogP contribution >= 0.6 is 12.4 Å². The second-order valence-corrected chi connectivity index (χ2v) is 10.6. The average molecular weight is 616 g/mol. The molecule has 2 N–H and O–H groups in total. The predicted octanol–water partition coefficient (Wildman–Crippen LogP) is 7.24. The van der Waals surface area contributed by atoms with Gasteiger partial charge in [0.25, 0.3) is 0 Å². The van der Waals surface area contributed by atoms with Crippen molar-refractivity contribution in [3.05, 3.63) is 82.9 Å². The number of nitrogens with zero attached hydrogens (tertiary/aromatic N) is 1. The van der Waals surface area contributed by atoms with Crippen LogP contribution in [0.5, 0.6) is 0 Å². The first-order valence-corrected chi connectivity index (χ1v) is 13.9. The Balaban J connectivity index is 0.00000484. The molecule has 0 aliphatic carbocycles. The fourth-order valence-corrected chi connectivity index (χ4v) is 5.27. The molecule has 0 saturated carbocycles. The minimum Gasteiger partial charge on any atom is -0.342 e. The molecule has 1 heterocycles. The van der Waals surface area contributed by atoms with E-state index in [0.29, 0.717) is 18.9 Å². The molecular formula is C31H36ClF6N3O. The van der Waals surface area contributed by atoms with Crippen molar-refractivity contribution in [2.45, 2.75) is 51.0 Å². The van der Waals surface area contributed by atoms with E-state index in [1.807, 2.05) is 29.2 Å². The molecule has 4 rings (SSSR count). The molecule has 0 spiro atoms. The fraction of sp³-hybridized carbons (Fsp3) is 0.452. The van der Waals surface area contributed by atoms with Gasteiger partial charge >= 0.3 is 12.4 Å². The van der Waals surface area contributed by atoms with E-state index in [1.54, 1.807) is 0 Å². The molecule has 1 amide bonds. The van der Waals surface area contributed by atoms with E-state index in [0.717, 1.165) is 80.3 Å². The van der Waals surface area contributed by atoms with Gasteiger partial charge < -0.3 is 15.5 Å². The van der Waals surface area contributed by atoms with Crippen LogP contribution in [0, 0.1) is 5.92 Å². The molecule has 0 bridgehead atoms. The molecule has 0 aromatic heterocycles. The molecule has 1 fully saturated rings. The minimum atomic E-state index is -4.84. The highest BCUT2D eigenvalue weighted by Gasteiger charge is 2.36. The maximum absolute atomic E-state index is 13.0. The zero-order chi connectivity index (χ0) is 29.5. The van der Waals surface area contributed by atoms with Crippen molar-refractivity contribution in [3.63, 3.8) is 0 Å². The van der Waals surface area contributed by atoms with E-state index in [1.165, 1.54) is 0 Å². The predicted molar refractivity (Wildman–Crippen MR) is 154 cm³/mol. The number of unbranched alkanes of at least 4 members (excludes halogenated alkanes) is 1. The first kappa shape index (κ1) is 33.7. The Morgan fingerprint density at radius 1 is 0.810 bits per heavy atom. The molecule has 3 aromatic carbocycles. The molecular weight excluding hydrogens is 580 g/mol. The Labute approximate surface area is 248 Å². The number of likely N-dealkylation sites (tertiary alicyclic amines) is 1. The van der Waals surface area contributed by atoms with Crippen LogP contribution in [0.4, 0.5) is 26.3 Å². The number of benzene rings is 3. The summed E-state index contributed by atoms with van der Waals surface area (Å²) in [6, 6.07) is 15.8. The number of carbonyl (C=O) groups is 1. The standard InChI is InChI=1S/C31H35F6N3O.ClH/c32-30(33,34)26-16-23(17-27(19-26)31(35,36)37)21-39-13-4-3-12-38-20-22-10-14-40(15-11-22)29(41)18-25-8-5-7-24-6-1-2-9-28(24)25;/h1-2,5-9,16-17,19,22,38-39H,3-4,10-15,18,20-21H2;1H. The smallest absolute Gasteiger partial charge is 0.342 e. The maximum atomic E-state index is 13.0. The van der Waals surface area contributed by atoms with Gasteiger partial charge in [-0.05, 0) is 91.3 Å². The van der Waals surface area contributed by atoms with Crippen molar-refractivity contribution in [3.8, 4) is 0 Å². The monoisotopic (exact) mass is 615 g/mol. The summed E-state index contributed by atoms with van der Waals surface area (Å²) in [5.41, 5.74) is -1.60. The third-order valence-corrected chi connectivity index (χ3v) is 7.56. The highest BCUT2D eigenvalue weighted by molar-refractivity contribution is 5.90. The zero-order valence-corrected chi connectivity index (χ0v) is 24.0. The lowest BCUT2D eigenvalue weighted by Gasteiger charge is -2.32. The van der Waals surface area contributed by atoms with Crippen molar-refractivity contribution < 1.29 is 31.1 Å². The summed E-state index contributed by atoms with van der Waals surface area (Å²) < 4.78 is 78.0.